The SMILES string of the molecule is CCCC/C=C\CCCCCCC(=O)OCC(COC(=O)CCCCCCCC/C=C\C=C/CCCCC)OC(=O)CCCCCCCCC/C=C\CCCCCC. The summed E-state index contributed by atoms with van der Waals surface area (Å²) in [5, 5.41) is 0. The summed E-state index contributed by atoms with van der Waals surface area (Å²) in [4.78, 5) is 37.8. The average Bonchev–Trinajstić information content (AvgIpc) is 3.22. The summed E-state index contributed by atoms with van der Waals surface area (Å²) in [6.45, 7) is 6.53. The van der Waals surface area contributed by atoms with E-state index in [1.165, 1.54) is 122 Å². The molecule has 1 atom stereocenters. The molecule has 0 N–H and O–H groups in total. The molecule has 0 saturated heterocycles. The minimum Gasteiger partial charge on any atom is -0.462 e. The quantitative estimate of drug-likeness (QED) is 0.0200. The van der Waals surface area contributed by atoms with Gasteiger partial charge in [-0.1, -0.05) is 185 Å². The van der Waals surface area contributed by atoms with E-state index in [1.807, 2.05) is 0 Å². The second kappa shape index (κ2) is 47.1. The first-order chi connectivity index (χ1) is 28.5. The smallest absolute Gasteiger partial charge is 0.306 e. The number of carbonyl (C=O) groups excluding carboxylic acids is 3. The van der Waals surface area contributed by atoms with Crippen molar-refractivity contribution in [2.24, 2.45) is 0 Å². The highest BCUT2D eigenvalue weighted by Crippen LogP contribution is 2.14. The molecule has 0 aromatic carbocycles. The van der Waals surface area contributed by atoms with Crippen LogP contribution in [0.2, 0.25) is 0 Å². The molecule has 0 amide bonds. The first kappa shape index (κ1) is 55.4. The van der Waals surface area contributed by atoms with Gasteiger partial charge in [-0.25, -0.2) is 0 Å². The lowest BCUT2D eigenvalue weighted by Gasteiger charge is -2.18. The molecule has 1 unspecified atom stereocenters. The fraction of sp³-hybridized carbons (Fsp3) is 0.788. The van der Waals surface area contributed by atoms with Gasteiger partial charge in [0.25, 0.3) is 0 Å². The van der Waals surface area contributed by atoms with Crippen LogP contribution in [-0.4, -0.2) is 37.2 Å². The maximum Gasteiger partial charge on any atom is 0.306 e. The summed E-state index contributed by atoms with van der Waals surface area (Å²) < 4.78 is 16.7. The molecule has 0 rings (SSSR count). The summed E-state index contributed by atoms with van der Waals surface area (Å²) >= 11 is 0. The lowest BCUT2D eigenvalue weighted by molar-refractivity contribution is -0.167. The van der Waals surface area contributed by atoms with Gasteiger partial charge in [-0.3, -0.25) is 14.4 Å². The van der Waals surface area contributed by atoms with Crippen molar-refractivity contribution in [2.45, 2.75) is 252 Å². The van der Waals surface area contributed by atoms with Gasteiger partial charge in [-0.05, 0) is 89.9 Å². The van der Waals surface area contributed by atoms with Crippen LogP contribution in [0.1, 0.15) is 245 Å². The number of carbonyl (C=O) groups is 3. The van der Waals surface area contributed by atoms with Crippen molar-refractivity contribution < 1.29 is 28.6 Å². The molecular weight excluding hydrogens is 721 g/mol. The van der Waals surface area contributed by atoms with Crippen molar-refractivity contribution in [3.63, 3.8) is 0 Å². The van der Waals surface area contributed by atoms with Crippen LogP contribution in [0.3, 0.4) is 0 Å². The maximum absolute atomic E-state index is 12.8. The summed E-state index contributed by atoms with van der Waals surface area (Å²) in [6.07, 6.45) is 55.2. The number of ether oxygens (including phenoxy) is 3. The van der Waals surface area contributed by atoms with Crippen LogP contribution in [0.5, 0.6) is 0 Å². The van der Waals surface area contributed by atoms with Crippen molar-refractivity contribution in [3.8, 4) is 0 Å². The number of unbranched alkanes of at least 4 members (excludes halogenated alkanes) is 26. The Morgan fingerprint density at radius 1 is 0.345 bits per heavy atom. The van der Waals surface area contributed by atoms with E-state index in [4.69, 9.17) is 14.2 Å². The van der Waals surface area contributed by atoms with Gasteiger partial charge in [0.15, 0.2) is 6.10 Å². The van der Waals surface area contributed by atoms with E-state index in [0.717, 1.165) is 83.5 Å². The van der Waals surface area contributed by atoms with E-state index in [2.05, 4.69) is 69.4 Å². The summed E-state index contributed by atoms with van der Waals surface area (Å²) in [6, 6.07) is 0. The molecular formula is C52H92O6. The normalized spacial score (nSPS) is 12.4. The number of rotatable bonds is 44. The first-order valence-corrected chi connectivity index (χ1v) is 24.7. The minimum absolute atomic E-state index is 0.0842. The van der Waals surface area contributed by atoms with Gasteiger partial charge in [0.2, 0.25) is 0 Å². The Hall–Kier alpha value is -2.63. The Morgan fingerprint density at radius 2 is 0.638 bits per heavy atom. The average molecular weight is 813 g/mol. The molecule has 0 aromatic heterocycles. The van der Waals surface area contributed by atoms with Crippen LogP contribution in [0.15, 0.2) is 48.6 Å². The van der Waals surface area contributed by atoms with Crippen LogP contribution in [0, 0.1) is 0 Å². The van der Waals surface area contributed by atoms with Crippen LogP contribution in [-0.2, 0) is 28.6 Å². The van der Waals surface area contributed by atoms with Crippen LogP contribution in [0.25, 0.3) is 0 Å². The topological polar surface area (TPSA) is 78.9 Å². The third-order valence-electron chi connectivity index (χ3n) is 10.6. The van der Waals surface area contributed by atoms with Crippen molar-refractivity contribution in [2.75, 3.05) is 13.2 Å². The highest BCUT2D eigenvalue weighted by atomic mass is 16.6. The lowest BCUT2D eigenvalue weighted by atomic mass is 10.1. The Bertz CT molecular complexity index is 1030. The molecule has 336 valence electrons. The largest absolute Gasteiger partial charge is 0.462 e. The molecule has 0 bridgehead atoms. The van der Waals surface area contributed by atoms with Gasteiger partial charge in [-0.2, -0.15) is 0 Å². The summed E-state index contributed by atoms with van der Waals surface area (Å²) in [5.74, 6) is -0.911. The zero-order chi connectivity index (χ0) is 42.3. The third kappa shape index (κ3) is 44.5. The predicted molar refractivity (Wildman–Crippen MR) is 247 cm³/mol. The van der Waals surface area contributed by atoms with E-state index in [9.17, 15) is 14.4 Å². The Morgan fingerprint density at radius 3 is 1.05 bits per heavy atom. The highest BCUT2D eigenvalue weighted by molar-refractivity contribution is 5.71. The fourth-order valence-electron chi connectivity index (χ4n) is 6.76. The molecule has 0 fully saturated rings. The van der Waals surface area contributed by atoms with Crippen molar-refractivity contribution in [3.05, 3.63) is 48.6 Å². The van der Waals surface area contributed by atoms with E-state index in [0.29, 0.717) is 19.3 Å². The molecule has 6 nitrogen and oxygen atoms in total. The zero-order valence-corrected chi connectivity index (χ0v) is 38.3. The molecule has 0 saturated carbocycles. The van der Waals surface area contributed by atoms with Crippen molar-refractivity contribution in [1.29, 1.82) is 0 Å². The van der Waals surface area contributed by atoms with Gasteiger partial charge in [0.05, 0.1) is 0 Å². The van der Waals surface area contributed by atoms with E-state index in [-0.39, 0.29) is 31.1 Å². The fourth-order valence-corrected chi connectivity index (χ4v) is 6.76. The number of hydrogen-bond donors (Lipinski definition) is 0. The number of allylic oxidation sites excluding steroid dienone is 8. The number of esters is 3. The summed E-state index contributed by atoms with van der Waals surface area (Å²) in [7, 11) is 0. The first-order valence-electron chi connectivity index (χ1n) is 24.7. The van der Waals surface area contributed by atoms with E-state index >= 15 is 0 Å². The van der Waals surface area contributed by atoms with E-state index in [1.54, 1.807) is 0 Å². The van der Waals surface area contributed by atoms with Gasteiger partial charge >= 0.3 is 17.9 Å². The Balaban J connectivity index is 4.38. The monoisotopic (exact) mass is 813 g/mol. The molecule has 0 heterocycles. The molecule has 0 aliphatic heterocycles. The van der Waals surface area contributed by atoms with Crippen molar-refractivity contribution in [1.82, 2.24) is 0 Å². The lowest BCUT2D eigenvalue weighted by Crippen LogP contribution is -2.30. The Labute approximate surface area is 358 Å². The maximum atomic E-state index is 12.8. The summed E-state index contributed by atoms with van der Waals surface area (Å²) in [5.41, 5.74) is 0. The zero-order valence-electron chi connectivity index (χ0n) is 38.3. The van der Waals surface area contributed by atoms with Crippen LogP contribution < -0.4 is 0 Å². The second-order valence-corrected chi connectivity index (χ2v) is 16.4. The molecule has 58 heavy (non-hydrogen) atoms. The molecule has 0 aromatic rings. The predicted octanol–water partition coefficient (Wildman–Crippen LogP) is 15.9. The van der Waals surface area contributed by atoms with Crippen LogP contribution in [0.4, 0.5) is 0 Å². The van der Waals surface area contributed by atoms with Gasteiger partial charge in [-0.15, -0.1) is 0 Å². The molecule has 6 heteroatoms. The number of hydrogen-bond acceptors (Lipinski definition) is 6. The minimum atomic E-state index is -0.782. The van der Waals surface area contributed by atoms with Crippen molar-refractivity contribution >= 4 is 17.9 Å². The highest BCUT2D eigenvalue weighted by Gasteiger charge is 2.19. The molecule has 0 radical (unpaired) electrons. The molecule has 0 aliphatic rings. The molecule has 0 aliphatic carbocycles. The second-order valence-electron chi connectivity index (χ2n) is 16.4. The van der Waals surface area contributed by atoms with Gasteiger partial charge < -0.3 is 14.2 Å². The van der Waals surface area contributed by atoms with Crippen LogP contribution >= 0.6 is 0 Å². The van der Waals surface area contributed by atoms with Gasteiger partial charge in [0.1, 0.15) is 13.2 Å². The molecule has 0 spiro atoms. The standard InChI is InChI=1S/C52H92O6/c1-4-7-10-13-16-19-22-24-26-28-30-33-36-39-42-45-51(54)57-48-49(47-56-50(53)44-41-38-35-32-21-18-15-12-9-6-3)58-52(55)46-43-40-37-34-31-29-27-25-23-20-17-14-11-8-5-2/h15-16,18-20,22-24,49H,4-14,17,21,25-48H2,1-3H3/b18-15-,19-16-,23-20-,24-22-. The van der Waals surface area contributed by atoms with Gasteiger partial charge in [0, 0.05) is 19.3 Å². The third-order valence-corrected chi connectivity index (χ3v) is 10.6. The Kier molecular flexibility index (Phi) is 44.9. The van der Waals surface area contributed by atoms with E-state index < -0.39 is 6.10 Å².